The smallest absolute Gasteiger partial charge is 0.316 e. The lowest BCUT2D eigenvalue weighted by atomic mass is 10.1. The summed E-state index contributed by atoms with van der Waals surface area (Å²) >= 11 is 1.31. The minimum Gasteiger partial charge on any atom is -0.480 e. The van der Waals surface area contributed by atoms with Crippen molar-refractivity contribution in [2.75, 3.05) is 17.3 Å². The van der Waals surface area contributed by atoms with Gasteiger partial charge in [0.2, 0.25) is 0 Å². The fraction of sp³-hybridized carbons (Fsp3) is 0.500. The van der Waals surface area contributed by atoms with E-state index in [1.165, 1.54) is 11.8 Å². The molecular formula is C14H20O4S2. The number of hydrogen-bond acceptors (Lipinski definition) is 4. The Bertz CT molecular complexity index is 511. The van der Waals surface area contributed by atoms with Crippen LogP contribution in [0.25, 0.3) is 0 Å². The number of carbonyl (C=O) groups is 1. The van der Waals surface area contributed by atoms with Crippen LogP contribution in [0.4, 0.5) is 0 Å². The first-order valence-electron chi connectivity index (χ1n) is 6.53. The second-order valence-corrected chi connectivity index (χ2v) is 8.26. The van der Waals surface area contributed by atoms with E-state index in [9.17, 15) is 18.3 Å². The Morgan fingerprint density at radius 3 is 2.50 bits per heavy atom. The van der Waals surface area contributed by atoms with Gasteiger partial charge < -0.3 is 5.11 Å². The molecule has 112 valence electrons. The summed E-state index contributed by atoms with van der Waals surface area (Å²) in [6.07, 6.45) is 0.959. The largest absolute Gasteiger partial charge is 0.480 e. The predicted octanol–water partition coefficient (Wildman–Crippen LogP) is 2.24. The van der Waals surface area contributed by atoms with Crippen LogP contribution in [0, 0.1) is 0 Å². The Balaban J connectivity index is 2.43. The van der Waals surface area contributed by atoms with E-state index in [1.54, 1.807) is 6.92 Å². The van der Waals surface area contributed by atoms with Gasteiger partial charge in [-0.25, -0.2) is 8.42 Å². The highest BCUT2D eigenvalue weighted by atomic mass is 32.2. The number of sulfone groups is 1. The second-order valence-electron chi connectivity index (χ2n) is 4.48. The van der Waals surface area contributed by atoms with Crippen molar-refractivity contribution in [3.63, 3.8) is 0 Å². The van der Waals surface area contributed by atoms with Gasteiger partial charge in [-0.15, -0.1) is 11.8 Å². The summed E-state index contributed by atoms with van der Waals surface area (Å²) in [7, 11) is -2.96. The summed E-state index contributed by atoms with van der Waals surface area (Å²) in [5.41, 5.74) is 0.980. The molecule has 1 aromatic rings. The Morgan fingerprint density at radius 1 is 1.30 bits per heavy atom. The average Bonchev–Trinajstić information content (AvgIpc) is 2.43. The molecule has 1 aromatic carbocycles. The third-order valence-electron chi connectivity index (χ3n) is 2.90. The molecule has 20 heavy (non-hydrogen) atoms. The van der Waals surface area contributed by atoms with Crippen LogP contribution in [-0.2, 0) is 21.1 Å². The molecule has 0 aliphatic carbocycles. The van der Waals surface area contributed by atoms with Crippen LogP contribution in [0.15, 0.2) is 30.3 Å². The van der Waals surface area contributed by atoms with Crippen LogP contribution in [0.3, 0.4) is 0 Å². The quantitative estimate of drug-likeness (QED) is 0.707. The van der Waals surface area contributed by atoms with Gasteiger partial charge in [0.15, 0.2) is 0 Å². The van der Waals surface area contributed by atoms with Crippen LogP contribution in [0.1, 0.15) is 18.9 Å². The molecule has 1 N–H and O–H groups in total. The average molecular weight is 316 g/mol. The lowest BCUT2D eigenvalue weighted by Crippen LogP contribution is -2.20. The minimum atomic E-state index is -2.96. The first-order chi connectivity index (χ1) is 9.44. The lowest BCUT2D eigenvalue weighted by Gasteiger charge is -2.12. The molecule has 1 rings (SSSR count). The summed E-state index contributed by atoms with van der Waals surface area (Å²) in [5, 5.41) is 8.67. The van der Waals surface area contributed by atoms with Gasteiger partial charge in [-0.2, -0.15) is 0 Å². The third-order valence-corrected chi connectivity index (χ3v) is 5.98. The van der Waals surface area contributed by atoms with Gasteiger partial charge in [-0.1, -0.05) is 37.3 Å². The molecule has 0 radical (unpaired) electrons. The fourth-order valence-corrected chi connectivity index (χ4v) is 3.80. The summed E-state index contributed by atoms with van der Waals surface area (Å²) < 4.78 is 22.7. The fourth-order valence-electron chi connectivity index (χ4n) is 1.69. The van der Waals surface area contributed by atoms with E-state index in [0.29, 0.717) is 18.6 Å². The number of hydrogen-bond donors (Lipinski definition) is 1. The van der Waals surface area contributed by atoms with Crippen LogP contribution >= 0.6 is 11.8 Å². The lowest BCUT2D eigenvalue weighted by molar-refractivity contribution is -0.136. The van der Waals surface area contributed by atoms with Gasteiger partial charge in [0.1, 0.15) is 15.1 Å². The summed E-state index contributed by atoms with van der Waals surface area (Å²) in [4.78, 5) is 11.2. The van der Waals surface area contributed by atoms with E-state index < -0.39 is 21.1 Å². The van der Waals surface area contributed by atoms with E-state index in [-0.39, 0.29) is 11.5 Å². The molecule has 4 nitrogen and oxygen atoms in total. The van der Waals surface area contributed by atoms with E-state index in [1.807, 2.05) is 30.3 Å². The Labute approximate surface area is 124 Å². The maximum absolute atomic E-state index is 11.3. The molecule has 0 saturated heterocycles. The van der Waals surface area contributed by atoms with E-state index >= 15 is 0 Å². The molecule has 0 saturated carbocycles. The van der Waals surface area contributed by atoms with Gasteiger partial charge >= 0.3 is 5.97 Å². The van der Waals surface area contributed by atoms with E-state index in [4.69, 9.17) is 0 Å². The van der Waals surface area contributed by atoms with Crippen molar-refractivity contribution in [2.45, 2.75) is 25.0 Å². The molecule has 0 aliphatic rings. The summed E-state index contributed by atoms with van der Waals surface area (Å²) in [6, 6.07) is 9.46. The molecule has 1 atom stereocenters. The maximum Gasteiger partial charge on any atom is 0.316 e. The van der Waals surface area contributed by atoms with E-state index in [2.05, 4.69) is 0 Å². The Kier molecular flexibility index (Phi) is 7.09. The summed E-state index contributed by atoms with van der Waals surface area (Å²) in [6.45, 7) is 1.62. The van der Waals surface area contributed by atoms with Gasteiger partial charge in [0, 0.05) is 5.75 Å². The van der Waals surface area contributed by atoms with Crippen molar-refractivity contribution in [1.82, 2.24) is 0 Å². The Hall–Kier alpha value is -1.01. The van der Waals surface area contributed by atoms with Crippen molar-refractivity contribution in [3.8, 4) is 0 Å². The number of thioether (sulfide) groups is 1. The standard InChI is InChI=1S/C14H20O4S2/c1-2-20(17,18)10-6-9-19-13(14(15)16)11-12-7-4-3-5-8-12/h3-5,7-8,13H,2,6,9-11H2,1H3,(H,15,16). The zero-order chi connectivity index (χ0) is 15.0. The molecule has 0 aliphatic heterocycles. The highest BCUT2D eigenvalue weighted by Gasteiger charge is 2.18. The van der Waals surface area contributed by atoms with Crippen LogP contribution < -0.4 is 0 Å². The molecule has 0 spiro atoms. The predicted molar refractivity (Wildman–Crippen MR) is 83.0 cm³/mol. The van der Waals surface area contributed by atoms with Crippen molar-refractivity contribution >= 4 is 27.6 Å². The molecule has 0 bridgehead atoms. The number of carboxylic acid groups (broad SMARTS) is 1. The SMILES string of the molecule is CCS(=O)(=O)CCCSC(Cc1ccccc1)C(=O)O. The normalized spacial score (nSPS) is 13.1. The monoisotopic (exact) mass is 316 g/mol. The van der Waals surface area contributed by atoms with Crippen molar-refractivity contribution in [1.29, 1.82) is 0 Å². The number of carboxylic acids is 1. The van der Waals surface area contributed by atoms with Crippen LogP contribution in [0.2, 0.25) is 0 Å². The molecule has 0 amide bonds. The van der Waals surface area contributed by atoms with E-state index in [0.717, 1.165) is 5.56 Å². The second kappa shape index (κ2) is 8.32. The first-order valence-corrected chi connectivity index (χ1v) is 9.40. The first kappa shape index (κ1) is 17.0. The van der Waals surface area contributed by atoms with Gasteiger partial charge in [0.25, 0.3) is 0 Å². The highest BCUT2D eigenvalue weighted by Crippen LogP contribution is 2.18. The molecule has 0 heterocycles. The Morgan fingerprint density at radius 2 is 1.95 bits per heavy atom. The minimum absolute atomic E-state index is 0.133. The molecular weight excluding hydrogens is 296 g/mol. The molecule has 0 fully saturated rings. The topological polar surface area (TPSA) is 71.4 Å². The zero-order valence-corrected chi connectivity index (χ0v) is 13.1. The molecule has 6 heteroatoms. The van der Waals surface area contributed by atoms with Crippen molar-refractivity contribution in [2.24, 2.45) is 0 Å². The molecule has 0 aromatic heterocycles. The van der Waals surface area contributed by atoms with Gasteiger partial charge in [-0.05, 0) is 24.2 Å². The number of benzene rings is 1. The van der Waals surface area contributed by atoms with Crippen molar-refractivity contribution < 1.29 is 18.3 Å². The zero-order valence-electron chi connectivity index (χ0n) is 11.5. The highest BCUT2D eigenvalue weighted by molar-refractivity contribution is 8.00. The maximum atomic E-state index is 11.3. The van der Waals surface area contributed by atoms with Crippen LogP contribution in [-0.4, -0.2) is 42.0 Å². The summed E-state index contributed by atoms with van der Waals surface area (Å²) in [5.74, 6) is -0.0291. The molecule has 1 unspecified atom stereocenters. The van der Waals surface area contributed by atoms with Gasteiger partial charge in [-0.3, -0.25) is 4.79 Å². The van der Waals surface area contributed by atoms with Crippen LogP contribution in [0.5, 0.6) is 0 Å². The number of aliphatic carboxylic acids is 1. The third kappa shape index (κ3) is 6.43. The van der Waals surface area contributed by atoms with Gasteiger partial charge in [0.05, 0.1) is 5.75 Å². The number of rotatable bonds is 9. The van der Waals surface area contributed by atoms with Crippen molar-refractivity contribution in [3.05, 3.63) is 35.9 Å².